The van der Waals surface area contributed by atoms with Gasteiger partial charge in [0.15, 0.2) is 0 Å². The molecule has 1 unspecified atom stereocenters. The molecule has 19 heavy (non-hydrogen) atoms. The number of thiophene rings is 1. The fourth-order valence-electron chi connectivity index (χ4n) is 2.15. The van der Waals surface area contributed by atoms with E-state index in [-0.39, 0.29) is 6.04 Å². The van der Waals surface area contributed by atoms with Crippen LogP contribution in [0.5, 0.6) is 0 Å². The quantitative estimate of drug-likeness (QED) is 0.739. The number of nitrogens with zero attached hydrogens (tertiary/aromatic N) is 1. The van der Waals surface area contributed by atoms with Crippen LogP contribution in [0.3, 0.4) is 0 Å². The summed E-state index contributed by atoms with van der Waals surface area (Å²) in [5, 5.41) is 5.63. The molecule has 2 heterocycles. The van der Waals surface area contributed by atoms with Crippen LogP contribution in [0.25, 0.3) is 10.2 Å². The molecule has 1 N–H and O–H groups in total. The van der Waals surface area contributed by atoms with E-state index in [1.165, 1.54) is 21.5 Å². The maximum atomic E-state index is 4.50. The van der Waals surface area contributed by atoms with Crippen molar-refractivity contribution in [2.75, 3.05) is 5.32 Å². The molecule has 0 fully saturated rings. The van der Waals surface area contributed by atoms with Crippen molar-refractivity contribution in [1.29, 1.82) is 0 Å². The van der Waals surface area contributed by atoms with Gasteiger partial charge in [0.05, 0.1) is 16.3 Å². The molecule has 0 saturated carbocycles. The highest BCUT2D eigenvalue weighted by atomic mass is 32.1. The summed E-state index contributed by atoms with van der Waals surface area (Å²) in [6.45, 7) is 4.29. The predicted octanol–water partition coefficient (Wildman–Crippen LogP) is 4.78. The van der Waals surface area contributed by atoms with Crippen molar-refractivity contribution in [1.82, 2.24) is 4.98 Å². The number of anilines is 1. The molecule has 0 radical (unpaired) electrons. The van der Waals surface area contributed by atoms with E-state index >= 15 is 0 Å². The lowest BCUT2D eigenvalue weighted by Crippen LogP contribution is -2.07. The first kappa shape index (κ1) is 12.2. The van der Waals surface area contributed by atoms with Gasteiger partial charge in [-0.2, -0.15) is 0 Å². The van der Waals surface area contributed by atoms with E-state index in [4.69, 9.17) is 0 Å². The van der Waals surface area contributed by atoms with Crippen molar-refractivity contribution in [2.24, 2.45) is 0 Å². The number of rotatable bonds is 3. The fraction of sp³-hybridized carbons (Fsp3) is 0.188. The van der Waals surface area contributed by atoms with E-state index in [0.29, 0.717) is 0 Å². The number of nitrogens with one attached hydrogen (secondary N) is 1. The van der Waals surface area contributed by atoms with Gasteiger partial charge in [-0.15, -0.1) is 11.3 Å². The zero-order valence-corrected chi connectivity index (χ0v) is 11.9. The molecule has 1 aromatic carbocycles. The fourth-order valence-corrected chi connectivity index (χ4v) is 2.94. The van der Waals surface area contributed by atoms with Gasteiger partial charge in [0.1, 0.15) is 0 Å². The number of pyridine rings is 1. The standard InChI is InChI=1S/C16H16N2S/c1-11-5-3-4-6-14(11)18-12(2)13-9-16-15(17-10-13)7-8-19-16/h3-10,12,18H,1-2H3. The average Bonchev–Trinajstić information content (AvgIpc) is 2.88. The highest BCUT2D eigenvalue weighted by Crippen LogP contribution is 2.25. The lowest BCUT2D eigenvalue weighted by molar-refractivity contribution is 0.878. The molecular weight excluding hydrogens is 252 g/mol. The first-order valence-corrected chi connectivity index (χ1v) is 7.27. The number of aromatic nitrogens is 1. The molecule has 0 aliphatic carbocycles. The first-order valence-electron chi connectivity index (χ1n) is 6.39. The summed E-state index contributed by atoms with van der Waals surface area (Å²) in [4.78, 5) is 4.50. The van der Waals surface area contributed by atoms with Gasteiger partial charge in [0.25, 0.3) is 0 Å². The summed E-state index contributed by atoms with van der Waals surface area (Å²) in [7, 11) is 0. The Morgan fingerprint density at radius 2 is 2.05 bits per heavy atom. The van der Waals surface area contributed by atoms with E-state index in [2.05, 4.69) is 65.9 Å². The number of hydrogen-bond donors (Lipinski definition) is 1. The number of aryl methyl sites for hydroxylation is 1. The van der Waals surface area contributed by atoms with Crippen molar-refractivity contribution < 1.29 is 0 Å². The normalized spacial score (nSPS) is 12.5. The third kappa shape index (κ3) is 2.47. The minimum absolute atomic E-state index is 0.250. The summed E-state index contributed by atoms with van der Waals surface area (Å²) in [6, 6.07) is 12.9. The number of fused-ring (bicyclic) bond motifs is 1. The number of benzene rings is 1. The molecule has 0 saturated heterocycles. The van der Waals surface area contributed by atoms with Crippen LogP contribution in [-0.4, -0.2) is 4.98 Å². The second-order valence-corrected chi connectivity index (χ2v) is 5.70. The molecule has 0 aliphatic rings. The van der Waals surface area contributed by atoms with E-state index in [9.17, 15) is 0 Å². The van der Waals surface area contributed by atoms with Gasteiger partial charge in [0.2, 0.25) is 0 Å². The molecule has 1 atom stereocenters. The number of hydrogen-bond acceptors (Lipinski definition) is 3. The van der Waals surface area contributed by atoms with Crippen molar-refractivity contribution in [3.63, 3.8) is 0 Å². The van der Waals surface area contributed by atoms with E-state index < -0.39 is 0 Å². The highest BCUT2D eigenvalue weighted by Gasteiger charge is 2.08. The van der Waals surface area contributed by atoms with E-state index in [0.717, 1.165) is 5.52 Å². The Morgan fingerprint density at radius 1 is 1.21 bits per heavy atom. The zero-order chi connectivity index (χ0) is 13.2. The van der Waals surface area contributed by atoms with Crippen molar-refractivity contribution >= 4 is 27.2 Å². The van der Waals surface area contributed by atoms with Gasteiger partial charge < -0.3 is 5.32 Å². The molecule has 3 rings (SSSR count). The Morgan fingerprint density at radius 3 is 2.89 bits per heavy atom. The van der Waals surface area contributed by atoms with Crippen LogP contribution in [0, 0.1) is 6.92 Å². The van der Waals surface area contributed by atoms with Crippen LogP contribution in [0.2, 0.25) is 0 Å². The lowest BCUT2D eigenvalue weighted by atomic mass is 10.1. The molecule has 3 heteroatoms. The Bertz CT molecular complexity index is 703. The topological polar surface area (TPSA) is 24.9 Å². The average molecular weight is 268 g/mol. The summed E-state index contributed by atoms with van der Waals surface area (Å²) in [5.41, 5.74) is 4.75. The monoisotopic (exact) mass is 268 g/mol. The second kappa shape index (κ2) is 5.02. The van der Waals surface area contributed by atoms with Gasteiger partial charge in [-0.1, -0.05) is 18.2 Å². The Balaban J connectivity index is 1.87. The second-order valence-electron chi connectivity index (χ2n) is 4.75. The molecule has 0 spiro atoms. The summed E-state index contributed by atoms with van der Waals surface area (Å²) in [6.07, 6.45) is 1.96. The van der Waals surface area contributed by atoms with Crippen LogP contribution in [-0.2, 0) is 0 Å². The van der Waals surface area contributed by atoms with Gasteiger partial charge in [0, 0.05) is 11.9 Å². The largest absolute Gasteiger partial charge is 0.378 e. The maximum Gasteiger partial charge on any atom is 0.0809 e. The SMILES string of the molecule is Cc1ccccc1NC(C)c1cnc2ccsc2c1. The molecule has 2 nitrogen and oxygen atoms in total. The molecule has 0 bridgehead atoms. The van der Waals surface area contributed by atoms with Crippen LogP contribution in [0.1, 0.15) is 24.1 Å². The predicted molar refractivity (Wildman–Crippen MR) is 82.8 cm³/mol. The van der Waals surface area contributed by atoms with E-state index in [1.807, 2.05) is 6.20 Å². The van der Waals surface area contributed by atoms with Crippen LogP contribution < -0.4 is 5.32 Å². The van der Waals surface area contributed by atoms with Gasteiger partial charge in [-0.05, 0) is 48.6 Å². The van der Waals surface area contributed by atoms with Crippen LogP contribution in [0.4, 0.5) is 5.69 Å². The van der Waals surface area contributed by atoms with Gasteiger partial charge >= 0.3 is 0 Å². The summed E-state index contributed by atoms with van der Waals surface area (Å²) < 4.78 is 1.25. The third-order valence-corrected chi connectivity index (χ3v) is 4.19. The molecule has 96 valence electrons. The van der Waals surface area contributed by atoms with Gasteiger partial charge in [-0.3, -0.25) is 4.98 Å². The molecule has 0 amide bonds. The third-order valence-electron chi connectivity index (χ3n) is 3.34. The van der Waals surface area contributed by atoms with Crippen molar-refractivity contribution in [2.45, 2.75) is 19.9 Å². The van der Waals surface area contributed by atoms with Crippen LogP contribution >= 0.6 is 11.3 Å². The smallest absolute Gasteiger partial charge is 0.0809 e. The van der Waals surface area contributed by atoms with Crippen molar-refractivity contribution in [3.05, 3.63) is 59.1 Å². The molecule has 0 aliphatic heterocycles. The first-order chi connectivity index (χ1) is 9.24. The Labute approximate surface area is 117 Å². The summed E-state index contributed by atoms with van der Waals surface area (Å²) >= 11 is 1.74. The molecule has 2 aromatic heterocycles. The van der Waals surface area contributed by atoms with Crippen LogP contribution in [0.15, 0.2) is 48.0 Å². The Hall–Kier alpha value is -1.87. The lowest BCUT2D eigenvalue weighted by Gasteiger charge is -2.17. The van der Waals surface area contributed by atoms with Gasteiger partial charge in [-0.25, -0.2) is 0 Å². The minimum atomic E-state index is 0.250. The summed E-state index contributed by atoms with van der Waals surface area (Å²) in [5.74, 6) is 0. The van der Waals surface area contributed by atoms with Crippen molar-refractivity contribution in [3.8, 4) is 0 Å². The Kier molecular flexibility index (Phi) is 3.22. The number of para-hydroxylation sites is 1. The minimum Gasteiger partial charge on any atom is -0.378 e. The maximum absolute atomic E-state index is 4.50. The van der Waals surface area contributed by atoms with E-state index in [1.54, 1.807) is 11.3 Å². The highest BCUT2D eigenvalue weighted by molar-refractivity contribution is 7.17. The molecular formula is C16H16N2S. The molecule has 3 aromatic rings. The zero-order valence-electron chi connectivity index (χ0n) is 11.1.